The van der Waals surface area contributed by atoms with E-state index in [1.54, 1.807) is 0 Å². The van der Waals surface area contributed by atoms with Gasteiger partial charge in [0.05, 0.1) is 0 Å². The van der Waals surface area contributed by atoms with Crippen molar-refractivity contribution in [1.82, 2.24) is 0 Å². The molecule has 0 nitrogen and oxygen atoms in total. The highest BCUT2D eigenvalue weighted by molar-refractivity contribution is 8.93. The molecule has 0 spiro atoms. The molecule has 0 aliphatic rings. The fourth-order valence-corrected chi connectivity index (χ4v) is 2.10. The lowest BCUT2D eigenvalue weighted by Gasteiger charge is -1.95. The largest absolute Gasteiger partial charge is 0.400 e. The fraction of sp³-hybridized carbons (Fsp3) is 0.556. The second-order valence-corrected chi connectivity index (χ2v) is 5.26. The summed E-state index contributed by atoms with van der Waals surface area (Å²) in [6.07, 6.45) is 5.89. The molecule has 0 fully saturated rings. The second-order valence-electron chi connectivity index (χ2n) is 2.85. The quantitative estimate of drug-likeness (QED) is 0.371. The van der Waals surface area contributed by atoms with Crippen molar-refractivity contribution < 1.29 is 0 Å². The zero-order valence-electron chi connectivity index (χ0n) is 7.44. The standard InChI is InChI=1S/C6H11.C3H5.BrH.Mg/c1-3-5-6-4-2;1-3-2;;/h3H,1-2,4-6H2;1H2,2H3;1H;. The summed E-state index contributed by atoms with van der Waals surface area (Å²) in [7, 11) is 0. The first-order valence-electron chi connectivity index (χ1n) is 4.02. The maximum Gasteiger partial charge on any atom is 0.400 e. The van der Waals surface area contributed by atoms with Crippen LogP contribution in [-0.4, -0.2) is 20.4 Å². The third-order valence-electron chi connectivity index (χ3n) is 1.51. The van der Waals surface area contributed by atoms with Gasteiger partial charge in [0.15, 0.2) is 0 Å². The minimum atomic E-state index is 0. The van der Waals surface area contributed by atoms with E-state index in [0.29, 0.717) is 0 Å². The van der Waals surface area contributed by atoms with Crippen LogP contribution in [0.2, 0.25) is 4.55 Å². The molecule has 0 amide bonds. The Hall–Kier alpha value is 0.726. The summed E-state index contributed by atoms with van der Waals surface area (Å²) in [4.78, 5) is 0. The van der Waals surface area contributed by atoms with Crippen LogP contribution in [0.15, 0.2) is 22.9 Å². The van der Waals surface area contributed by atoms with E-state index in [1.807, 2.05) is 6.08 Å². The highest BCUT2D eigenvalue weighted by atomic mass is 79.9. The highest BCUT2D eigenvalue weighted by Crippen LogP contribution is 2.01. The molecule has 62 valence electrons. The average molecular weight is 229 g/mol. The Morgan fingerprint density at radius 2 is 2.09 bits per heavy atom. The maximum atomic E-state index is 3.91. The lowest BCUT2D eigenvalue weighted by Crippen LogP contribution is -1.89. The third kappa shape index (κ3) is 13.7. The molecule has 0 aromatic carbocycles. The van der Waals surface area contributed by atoms with E-state index in [0.717, 1.165) is 0 Å². The molecule has 0 unspecified atom stereocenters. The van der Waals surface area contributed by atoms with E-state index in [9.17, 15) is 0 Å². The van der Waals surface area contributed by atoms with Gasteiger partial charge < -0.3 is 0 Å². The van der Waals surface area contributed by atoms with Crippen molar-refractivity contribution in [1.29, 1.82) is 0 Å². The van der Waals surface area contributed by atoms with Crippen LogP contribution in [0, 0.1) is 0 Å². The summed E-state index contributed by atoms with van der Waals surface area (Å²) >= 11 is 0.0894. The van der Waals surface area contributed by atoms with Gasteiger partial charge in [-0.25, -0.2) is 3.70 Å². The van der Waals surface area contributed by atoms with Gasteiger partial charge >= 0.3 is 20.4 Å². The number of hydrogen-bond acceptors (Lipinski definition) is 0. The smallest absolute Gasteiger partial charge is 0.204 e. The molecule has 0 aliphatic carbocycles. The maximum absolute atomic E-state index is 3.91. The van der Waals surface area contributed by atoms with E-state index < -0.39 is 0 Å². The van der Waals surface area contributed by atoms with Gasteiger partial charge in [-0.2, -0.15) is 0 Å². The van der Waals surface area contributed by atoms with Crippen LogP contribution in [0.25, 0.3) is 0 Å². The predicted octanol–water partition coefficient (Wildman–Crippen LogP) is 3.58. The van der Waals surface area contributed by atoms with Crippen LogP contribution >= 0.6 is 17.0 Å². The van der Waals surface area contributed by atoms with Crippen LogP contribution < -0.4 is 0 Å². The first-order chi connectivity index (χ1) is 4.77. The molecule has 2 heteroatoms. The number of rotatable bonds is 6. The fourth-order valence-electron chi connectivity index (χ4n) is 0.892. The van der Waals surface area contributed by atoms with E-state index >= 15 is 0 Å². The summed E-state index contributed by atoms with van der Waals surface area (Å²) < 4.78 is 2.88. The summed E-state index contributed by atoms with van der Waals surface area (Å²) in [5.74, 6) is 0. The summed E-state index contributed by atoms with van der Waals surface area (Å²) in [6.45, 7) is 9.75. The van der Waals surface area contributed by atoms with E-state index in [2.05, 4.69) is 20.1 Å². The first-order valence-corrected chi connectivity index (χ1v) is 5.73. The van der Waals surface area contributed by atoms with Gasteiger partial charge in [-0.15, -0.1) is 34.7 Å². The van der Waals surface area contributed by atoms with E-state index in [1.165, 1.54) is 27.5 Å². The molecule has 0 saturated carbocycles. The zero-order chi connectivity index (χ0) is 7.82. The van der Waals surface area contributed by atoms with E-state index in [4.69, 9.17) is 0 Å². The van der Waals surface area contributed by atoms with Gasteiger partial charge in [0, 0.05) is 0 Å². The van der Waals surface area contributed by atoms with Gasteiger partial charge in [-0.3, -0.25) is 0 Å². The molecule has 0 rings (SSSR count). The molecule has 0 aromatic rings. The minimum absolute atomic E-state index is 0. The number of hydrogen-bond donors (Lipinski definition) is 0. The predicted molar refractivity (Wildman–Crippen MR) is 59.7 cm³/mol. The lowest BCUT2D eigenvalue weighted by atomic mass is 10.2. The van der Waals surface area contributed by atoms with Crippen LogP contribution in [0.5, 0.6) is 0 Å². The molecule has 0 aromatic heterocycles. The Bertz CT molecular complexity index is 110. The van der Waals surface area contributed by atoms with Gasteiger partial charge in [0.1, 0.15) is 0 Å². The molecule has 0 radical (unpaired) electrons. The number of unbranched alkanes of at least 4 members (excludes halogenated alkanes) is 2. The monoisotopic (exact) mass is 228 g/mol. The Morgan fingerprint density at radius 3 is 2.55 bits per heavy atom. The Balaban J connectivity index is 0. The molecule has 0 saturated heterocycles. The molecular formula is C9H17BrMg. The van der Waals surface area contributed by atoms with Crippen molar-refractivity contribution in [2.75, 3.05) is 0 Å². The summed E-state index contributed by atoms with van der Waals surface area (Å²) in [6, 6.07) is 0. The summed E-state index contributed by atoms with van der Waals surface area (Å²) in [5.41, 5.74) is 0. The third-order valence-corrected chi connectivity index (χ3v) is 3.22. The summed E-state index contributed by atoms with van der Waals surface area (Å²) in [5, 5.41) is 0. The molecule has 0 heterocycles. The van der Waals surface area contributed by atoms with Crippen molar-refractivity contribution in [2.24, 2.45) is 0 Å². The zero-order valence-corrected chi connectivity index (χ0v) is 10.6. The second kappa shape index (κ2) is 10.7. The van der Waals surface area contributed by atoms with Crippen LogP contribution in [0.3, 0.4) is 0 Å². The van der Waals surface area contributed by atoms with E-state index in [-0.39, 0.29) is 37.3 Å². The van der Waals surface area contributed by atoms with Gasteiger partial charge in [-0.05, 0) is 6.42 Å². The van der Waals surface area contributed by atoms with Gasteiger partial charge in [0.2, 0.25) is 0 Å². The topological polar surface area (TPSA) is 0 Å². The van der Waals surface area contributed by atoms with Crippen molar-refractivity contribution in [3.05, 3.63) is 22.9 Å². The molecule has 0 atom stereocenters. The van der Waals surface area contributed by atoms with Crippen LogP contribution in [-0.2, 0) is 0 Å². The average Bonchev–Trinajstić information content (AvgIpc) is 1.87. The highest BCUT2D eigenvalue weighted by Gasteiger charge is 1.93. The normalized spacial score (nSPS) is 7.73. The van der Waals surface area contributed by atoms with Crippen molar-refractivity contribution in [3.8, 4) is 0 Å². The Kier molecular flexibility index (Phi) is 13.9. The van der Waals surface area contributed by atoms with Crippen molar-refractivity contribution in [3.63, 3.8) is 0 Å². The van der Waals surface area contributed by atoms with Crippen LogP contribution in [0.1, 0.15) is 26.2 Å². The number of allylic oxidation sites excluding steroid dienone is 2. The molecule has 0 N–H and O–H groups in total. The minimum Gasteiger partial charge on any atom is -0.204 e. The molecule has 0 aliphatic heterocycles. The van der Waals surface area contributed by atoms with Gasteiger partial charge in [0.25, 0.3) is 0 Å². The first kappa shape index (κ1) is 14.3. The lowest BCUT2D eigenvalue weighted by molar-refractivity contribution is 0.812. The molecule has 11 heavy (non-hydrogen) atoms. The van der Waals surface area contributed by atoms with Gasteiger partial charge in [-0.1, -0.05) is 25.8 Å². The molecular weight excluding hydrogens is 212 g/mol. The van der Waals surface area contributed by atoms with Crippen molar-refractivity contribution >= 4 is 37.3 Å². The Morgan fingerprint density at radius 1 is 1.45 bits per heavy atom. The Labute approximate surface area is 90.6 Å². The van der Waals surface area contributed by atoms with Crippen LogP contribution in [0.4, 0.5) is 0 Å². The van der Waals surface area contributed by atoms with Crippen molar-refractivity contribution in [2.45, 2.75) is 30.7 Å². The number of halogens is 1. The SMILES string of the molecule is Br.C=CCCC[CH2][Mg][C](=C)C. The molecule has 0 bridgehead atoms.